The van der Waals surface area contributed by atoms with Crippen molar-refractivity contribution in [3.05, 3.63) is 0 Å². The molecule has 46 valence electrons. The first-order valence-corrected chi connectivity index (χ1v) is 1.38. The van der Waals surface area contributed by atoms with E-state index >= 15 is 0 Å². The minimum Gasteiger partial charge on any atom is -0.368 e. The Hall–Kier alpha value is -0.160. The lowest BCUT2D eigenvalue weighted by molar-refractivity contribution is -0.356. The molecular weight excluding hydrogens is 100 g/mol. The standard InChI is InChI=1S/C2H6O4.CH4/c3-1-5-6-2-4;/h3-4H,1-2H2;1H4. The van der Waals surface area contributed by atoms with Crippen LogP contribution in [0.1, 0.15) is 7.43 Å². The van der Waals surface area contributed by atoms with Crippen LogP contribution in [0.3, 0.4) is 0 Å². The van der Waals surface area contributed by atoms with Gasteiger partial charge in [-0.1, -0.05) is 7.43 Å². The number of aliphatic hydroxyl groups is 2. The number of hydrogen-bond donors (Lipinski definition) is 2. The summed E-state index contributed by atoms with van der Waals surface area (Å²) in [6.07, 6.45) is 0. The van der Waals surface area contributed by atoms with Crippen LogP contribution in [0, 0.1) is 0 Å². The van der Waals surface area contributed by atoms with Crippen molar-refractivity contribution in [3.63, 3.8) is 0 Å². The van der Waals surface area contributed by atoms with E-state index in [0.29, 0.717) is 0 Å². The van der Waals surface area contributed by atoms with Gasteiger partial charge in [0.05, 0.1) is 0 Å². The van der Waals surface area contributed by atoms with E-state index in [9.17, 15) is 0 Å². The van der Waals surface area contributed by atoms with E-state index in [4.69, 9.17) is 10.2 Å². The van der Waals surface area contributed by atoms with Gasteiger partial charge in [0.15, 0.2) is 13.6 Å². The topological polar surface area (TPSA) is 58.9 Å². The molecule has 4 nitrogen and oxygen atoms in total. The smallest absolute Gasteiger partial charge is 0.178 e. The van der Waals surface area contributed by atoms with Crippen LogP contribution in [0.4, 0.5) is 0 Å². The van der Waals surface area contributed by atoms with Crippen molar-refractivity contribution >= 4 is 0 Å². The van der Waals surface area contributed by atoms with Gasteiger partial charge in [0.25, 0.3) is 0 Å². The summed E-state index contributed by atoms with van der Waals surface area (Å²) in [4.78, 5) is 7.58. The van der Waals surface area contributed by atoms with Gasteiger partial charge < -0.3 is 10.2 Å². The summed E-state index contributed by atoms with van der Waals surface area (Å²) in [6.45, 7) is -1.05. The highest BCUT2D eigenvalue weighted by molar-refractivity contribution is 3.72. The minimum atomic E-state index is -0.527. The van der Waals surface area contributed by atoms with E-state index in [-0.39, 0.29) is 7.43 Å². The van der Waals surface area contributed by atoms with Crippen molar-refractivity contribution in [2.75, 3.05) is 13.6 Å². The molecule has 2 N–H and O–H groups in total. The van der Waals surface area contributed by atoms with Crippen molar-refractivity contribution in [1.82, 2.24) is 0 Å². The Bertz CT molecular complexity index is 18.9. The summed E-state index contributed by atoms with van der Waals surface area (Å²) in [5.41, 5.74) is 0. The molecule has 0 aliphatic carbocycles. The maximum absolute atomic E-state index is 7.74. The van der Waals surface area contributed by atoms with E-state index in [2.05, 4.69) is 9.78 Å². The number of rotatable bonds is 3. The highest BCUT2D eigenvalue weighted by atomic mass is 17.2. The maximum atomic E-state index is 7.74. The van der Waals surface area contributed by atoms with Crippen LogP contribution in [-0.2, 0) is 9.78 Å². The first-order chi connectivity index (χ1) is 2.91. The average molecular weight is 110 g/mol. The zero-order valence-corrected chi connectivity index (χ0v) is 3.13. The number of aliphatic hydroxyl groups excluding tert-OH is 2. The lowest BCUT2D eigenvalue weighted by Crippen LogP contribution is -1.95. The molecule has 0 aromatic heterocycles. The van der Waals surface area contributed by atoms with Gasteiger partial charge >= 0.3 is 0 Å². The predicted octanol–water partition coefficient (Wildman–Crippen LogP) is -0.530. The molecule has 0 bridgehead atoms. The van der Waals surface area contributed by atoms with Gasteiger partial charge in [0.2, 0.25) is 0 Å². The van der Waals surface area contributed by atoms with Crippen LogP contribution in [-0.4, -0.2) is 23.8 Å². The van der Waals surface area contributed by atoms with Crippen molar-refractivity contribution in [2.45, 2.75) is 7.43 Å². The van der Waals surface area contributed by atoms with E-state index in [0.717, 1.165) is 0 Å². The summed E-state index contributed by atoms with van der Waals surface area (Å²) in [5.74, 6) is 0. The monoisotopic (exact) mass is 110 g/mol. The molecule has 0 saturated heterocycles. The van der Waals surface area contributed by atoms with Crippen LogP contribution < -0.4 is 0 Å². The highest BCUT2D eigenvalue weighted by Crippen LogP contribution is 1.67. The summed E-state index contributed by atoms with van der Waals surface area (Å²) in [5, 5.41) is 15.5. The van der Waals surface area contributed by atoms with E-state index in [1.807, 2.05) is 0 Å². The molecule has 0 amide bonds. The van der Waals surface area contributed by atoms with Crippen LogP contribution in [0.25, 0.3) is 0 Å². The lowest BCUT2D eigenvalue weighted by atomic mass is 11.5. The van der Waals surface area contributed by atoms with Gasteiger partial charge in [-0.3, -0.25) is 0 Å². The largest absolute Gasteiger partial charge is 0.368 e. The molecule has 0 rings (SSSR count). The van der Waals surface area contributed by atoms with Crippen molar-refractivity contribution < 1.29 is 20.0 Å². The molecule has 7 heavy (non-hydrogen) atoms. The zero-order chi connectivity index (χ0) is 4.83. The summed E-state index contributed by atoms with van der Waals surface area (Å²) >= 11 is 0. The molecule has 0 aliphatic heterocycles. The van der Waals surface area contributed by atoms with Crippen molar-refractivity contribution in [3.8, 4) is 0 Å². The summed E-state index contributed by atoms with van der Waals surface area (Å²) < 4.78 is 0. The van der Waals surface area contributed by atoms with Gasteiger partial charge in [0, 0.05) is 0 Å². The lowest BCUT2D eigenvalue weighted by Gasteiger charge is -1.90. The Labute approximate surface area is 42.2 Å². The average Bonchev–Trinajstić information content (AvgIpc) is 1.61. The molecule has 0 unspecified atom stereocenters. The van der Waals surface area contributed by atoms with E-state index < -0.39 is 13.6 Å². The van der Waals surface area contributed by atoms with Gasteiger partial charge in [-0.25, -0.2) is 9.78 Å². The third-order valence-corrected chi connectivity index (χ3v) is 0.189. The third kappa shape index (κ3) is 10.7. The Morgan fingerprint density at radius 2 is 1.29 bits per heavy atom. The van der Waals surface area contributed by atoms with Gasteiger partial charge in [-0.15, -0.1) is 0 Å². The Morgan fingerprint density at radius 3 is 1.43 bits per heavy atom. The fourth-order valence-corrected chi connectivity index (χ4v) is 0.0745. The fourth-order valence-electron chi connectivity index (χ4n) is 0.0745. The molecular formula is C3H10O4. The van der Waals surface area contributed by atoms with Crippen molar-refractivity contribution in [1.29, 1.82) is 0 Å². The molecule has 0 heterocycles. The molecule has 0 aromatic rings. The molecule has 0 aliphatic rings. The van der Waals surface area contributed by atoms with Gasteiger partial charge in [0.1, 0.15) is 0 Å². The quantitative estimate of drug-likeness (QED) is 0.222. The first-order valence-electron chi connectivity index (χ1n) is 1.38. The number of hydrogen-bond acceptors (Lipinski definition) is 4. The van der Waals surface area contributed by atoms with Crippen LogP contribution in [0.5, 0.6) is 0 Å². The third-order valence-electron chi connectivity index (χ3n) is 0.189. The molecule has 0 spiro atoms. The van der Waals surface area contributed by atoms with E-state index in [1.165, 1.54) is 0 Å². The normalized spacial score (nSPS) is 7.71. The molecule has 0 aromatic carbocycles. The summed E-state index contributed by atoms with van der Waals surface area (Å²) in [6, 6.07) is 0. The Balaban J connectivity index is 0. The molecule has 0 atom stereocenters. The summed E-state index contributed by atoms with van der Waals surface area (Å²) in [7, 11) is 0. The molecule has 0 radical (unpaired) electrons. The second kappa shape index (κ2) is 9.28. The SMILES string of the molecule is C.OCOOCO. The Morgan fingerprint density at radius 1 is 1.00 bits per heavy atom. The van der Waals surface area contributed by atoms with Gasteiger partial charge in [-0.2, -0.15) is 0 Å². The van der Waals surface area contributed by atoms with Crippen LogP contribution in [0.2, 0.25) is 0 Å². The maximum Gasteiger partial charge on any atom is 0.178 e. The second-order valence-corrected chi connectivity index (χ2v) is 0.494. The van der Waals surface area contributed by atoms with Crippen molar-refractivity contribution in [2.24, 2.45) is 0 Å². The zero-order valence-electron chi connectivity index (χ0n) is 3.13. The van der Waals surface area contributed by atoms with E-state index in [1.54, 1.807) is 0 Å². The molecule has 0 saturated carbocycles. The second-order valence-electron chi connectivity index (χ2n) is 0.494. The van der Waals surface area contributed by atoms with Crippen LogP contribution >= 0.6 is 0 Å². The van der Waals surface area contributed by atoms with Gasteiger partial charge in [-0.05, 0) is 0 Å². The Kier molecular flexibility index (Phi) is 13.2. The fraction of sp³-hybridized carbons (Fsp3) is 1.00. The molecule has 4 heteroatoms. The van der Waals surface area contributed by atoms with Crippen LogP contribution in [0.15, 0.2) is 0 Å². The highest BCUT2D eigenvalue weighted by Gasteiger charge is 1.73. The molecule has 0 fully saturated rings. The first kappa shape index (κ1) is 9.96. The predicted molar refractivity (Wildman–Crippen MR) is 23.1 cm³/mol. The minimum absolute atomic E-state index is 0.